The quantitative estimate of drug-likeness (QED) is 0.118. The van der Waals surface area contributed by atoms with Crippen molar-refractivity contribution in [2.45, 2.75) is 99.6 Å². The summed E-state index contributed by atoms with van der Waals surface area (Å²) in [5, 5.41) is 0. The first-order chi connectivity index (χ1) is 36.9. The zero-order chi connectivity index (χ0) is 55.9. The number of hydrogen-bond donors (Lipinski definition) is 0. The number of hydrogen-bond acceptors (Lipinski definition) is 12. The van der Waals surface area contributed by atoms with E-state index in [-0.39, 0.29) is 79.1 Å². The third kappa shape index (κ3) is 11.8. The predicted octanol–water partition coefficient (Wildman–Crippen LogP) is 8.68. The fourth-order valence-corrected chi connectivity index (χ4v) is 15.3. The molecule has 0 unspecified atom stereocenters. The topological polar surface area (TPSA) is 202 Å². The fourth-order valence-electron chi connectivity index (χ4n) is 9.66. The number of carbonyl (C=O) groups is 2. The van der Waals surface area contributed by atoms with Crippen molar-refractivity contribution in [2.75, 3.05) is 14.2 Å². The van der Waals surface area contributed by atoms with Crippen molar-refractivity contribution in [3.8, 4) is 0 Å². The third-order valence-electron chi connectivity index (χ3n) is 13.9. The van der Waals surface area contributed by atoms with Gasteiger partial charge in [0.2, 0.25) is 40.1 Å². The van der Waals surface area contributed by atoms with Gasteiger partial charge in [0.15, 0.2) is 0 Å². The lowest BCUT2D eigenvalue weighted by Gasteiger charge is -2.29. The summed E-state index contributed by atoms with van der Waals surface area (Å²) in [6, 6.07) is 37.7. The highest BCUT2D eigenvalue weighted by atomic mass is 32.2. The highest BCUT2D eigenvalue weighted by molar-refractivity contribution is 7.90. The number of ether oxygens (including phenoxy) is 2. The van der Waals surface area contributed by atoms with Gasteiger partial charge in [-0.3, -0.25) is 0 Å². The van der Waals surface area contributed by atoms with Crippen molar-refractivity contribution in [3.05, 3.63) is 223 Å². The lowest BCUT2D eigenvalue weighted by molar-refractivity contribution is 0.0591. The molecular weight excluding hydrogens is 1070 g/mol. The summed E-state index contributed by atoms with van der Waals surface area (Å²) in [5.41, 5.74) is 5.82. The molecule has 0 saturated carbocycles. The van der Waals surface area contributed by atoms with Crippen molar-refractivity contribution >= 4 is 52.0 Å². The number of sulfonamides is 4. The maximum absolute atomic E-state index is 15.2. The van der Waals surface area contributed by atoms with Gasteiger partial charge in [0.25, 0.3) is 0 Å². The second-order valence-corrected chi connectivity index (χ2v) is 27.5. The minimum absolute atomic E-state index is 0.0481. The van der Waals surface area contributed by atoms with Gasteiger partial charge in [-0.2, -0.15) is 17.2 Å². The molecule has 78 heavy (non-hydrogen) atoms. The van der Waals surface area contributed by atoms with Crippen LogP contribution in [-0.2, 0) is 102 Å². The highest BCUT2D eigenvalue weighted by Crippen LogP contribution is 2.35. The van der Waals surface area contributed by atoms with Gasteiger partial charge in [-0.15, -0.1) is 0 Å². The van der Waals surface area contributed by atoms with E-state index in [1.54, 1.807) is 72.8 Å². The van der Waals surface area contributed by atoms with Crippen LogP contribution in [0, 0.1) is 27.7 Å². The van der Waals surface area contributed by atoms with Crippen LogP contribution in [0.4, 0.5) is 0 Å². The first-order valence-electron chi connectivity index (χ1n) is 24.8. The summed E-state index contributed by atoms with van der Waals surface area (Å²) in [6.07, 6.45) is 0. The average Bonchev–Trinajstić information content (AvgIpc) is 3.49. The molecule has 0 fully saturated rings. The molecular formula is C58H58N4O12S4. The van der Waals surface area contributed by atoms with Crippen molar-refractivity contribution < 1.29 is 52.7 Å². The minimum Gasteiger partial charge on any atom is -0.465 e. The maximum Gasteiger partial charge on any atom is 0.337 e. The van der Waals surface area contributed by atoms with Gasteiger partial charge in [-0.05, 0) is 145 Å². The fraction of sp³-hybridized carbons (Fsp3) is 0.241. The zero-order valence-electron chi connectivity index (χ0n) is 43.8. The van der Waals surface area contributed by atoms with Crippen LogP contribution in [0.25, 0.3) is 0 Å². The van der Waals surface area contributed by atoms with E-state index in [1.807, 2.05) is 27.7 Å². The van der Waals surface area contributed by atoms with Crippen LogP contribution in [-0.4, -0.2) is 77.1 Å². The number of carbonyl (C=O) groups excluding carboxylic acids is 2. The minimum atomic E-state index is -4.44. The molecule has 406 valence electrons. The summed E-state index contributed by atoms with van der Waals surface area (Å²) < 4.78 is 136. The Kier molecular flexibility index (Phi) is 15.8. The van der Waals surface area contributed by atoms with Crippen LogP contribution in [0.1, 0.15) is 87.5 Å². The lowest BCUT2D eigenvalue weighted by Crippen LogP contribution is -2.34. The first-order valence-corrected chi connectivity index (χ1v) is 30.5. The van der Waals surface area contributed by atoms with E-state index in [0.29, 0.717) is 22.3 Å². The van der Waals surface area contributed by atoms with Gasteiger partial charge in [0.1, 0.15) is 0 Å². The van der Waals surface area contributed by atoms with Gasteiger partial charge >= 0.3 is 11.9 Å². The Morgan fingerprint density at radius 1 is 0.321 bits per heavy atom. The van der Waals surface area contributed by atoms with Crippen molar-refractivity contribution in [3.63, 3.8) is 0 Å². The summed E-state index contributed by atoms with van der Waals surface area (Å²) in [7, 11) is -15.3. The first kappa shape index (κ1) is 55.9. The van der Waals surface area contributed by atoms with E-state index in [2.05, 4.69) is 0 Å². The van der Waals surface area contributed by atoms with Gasteiger partial charge in [-0.1, -0.05) is 95.1 Å². The molecule has 0 spiro atoms. The van der Waals surface area contributed by atoms with Crippen molar-refractivity contribution in [1.82, 2.24) is 17.2 Å². The van der Waals surface area contributed by atoms with Gasteiger partial charge in [0, 0.05) is 52.4 Å². The lowest BCUT2D eigenvalue weighted by atomic mass is 9.97. The SMILES string of the molecule is COC(=O)c1cc2cc(c1)CN(S(=O)(=O)c1ccc(C)cc1)Cc1cc3c(cc1CN(S(=O)(=O)c1ccc(C)cc1)C2)CN(S(=O)(=O)c1ccc(C)cc1)Cc1cc(cc(C(=O)OC)c1)CN(S(=O)(=O)c1ccc(C)cc1)C3. The molecule has 9 rings (SSSR count). The van der Waals surface area contributed by atoms with Crippen LogP contribution in [0.15, 0.2) is 165 Å². The Labute approximate surface area is 456 Å². The smallest absolute Gasteiger partial charge is 0.337 e. The Balaban J connectivity index is 1.33. The average molecular weight is 1130 g/mol. The summed E-state index contributed by atoms with van der Waals surface area (Å²) in [6.45, 7) is 4.38. The van der Waals surface area contributed by atoms with Crippen molar-refractivity contribution in [1.29, 1.82) is 0 Å². The molecule has 0 amide bonds. The number of rotatable bonds is 10. The van der Waals surface area contributed by atoms with E-state index < -0.39 is 78.2 Å². The van der Waals surface area contributed by atoms with E-state index in [9.17, 15) is 9.59 Å². The monoisotopic (exact) mass is 1130 g/mol. The van der Waals surface area contributed by atoms with Crippen LogP contribution in [0.2, 0.25) is 0 Å². The predicted molar refractivity (Wildman–Crippen MR) is 292 cm³/mol. The van der Waals surface area contributed by atoms with Gasteiger partial charge in [0.05, 0.1) is 44.9 Å². The molecule has 7 aromatic rings. The molecule has 0 radical (unpaired) electrons. The Morgan fingerprint density at radius 3 is 0.718 bits per heavy atom. The second-order valence-electron chi connectivity index (χ2n) is 19.8. The normalized spacial score (nSPS) is 15.5. The van der Waals surface area contributed by atoms with Crippen LogP contribution in [0.5, 0.6) is 0 Å². The van der Waals surface area contributed by atoms with Gasteiger partial charge in [-0.25, -0.2) is 43.3 Å². The van der Waals surface area contributed by atoms with Gasteiger partial charge < -0.3 is 9.47 Å². The molecule has 0 N–H and O–H groups in total. The number of aryl methyl sites for hydroxylation is 4. The van der Waals surface area contributed by atoms with Crippen LogP contribution >= 0.6 is 0 Å². The Morgan fingerprint density at radius 2 is 0.526 bits per heavy atom. The molecule has 2 aliphatic rings. The molecule has 0 aliphatic carbocycles. The zero-order valence-corrected chi connectivity index (χ0v) is 47.1. The standard InChI is InChI=1S/C58H58N4O12S4/c1-39-7-15-53(16-8-39)75(65,66)59-31-43-23-44(26-47(25-43)57(63)73-5)32-60(76(67,68)54-17-9-40(2)10-18-54)36-50-30-52-38-62(78(71,72)56-21-13-42(4)14-22-56)34-46-24-45(27-48(28-46)58(64)74-6)33-61(37-51(52)29-49(50)35-59)77(69,70)55-19-11-41(3)12-20-55/h7-30H,31-38H2,1-6H3. The van der Waals surface area contributed by atoms with E-state index in [4.69, 9.17) is 9.47 Å². The number of esters is 2. The van der Waals surface area contributed by atoms with E-state index in [1.165, 1.54) is 104 Å². The molecule has 2 heterocycles. The Bertz CT molecular complexity index is 3440. The molecule has 16 nitrogen and oxygen atoms in total. The summed E-state index contributed by atoms with van der Waals surface area (Å²) in [4.78, 5) is 26.4. The van der Waals surface area contributed by atoms with E-state index >= 15 is 33.7 Å². The summed E-state index contributed by atoms with van der Waals surface area (Å²) >= 11 is 0. The molecule has 4 bridgehead atoms. The van der Waals surface area contributed by atoms with Crippen molar-refractivity contribution in [2.24, 2.45) is 0 Å². The second kappa shape index (κ2) is 22.1. The number of nitrogens with zero attached hydrogens (tertiary/aromatic N) is 4. The number of methoxy groups -OCH3 is 2. The number of benzene rings is 7. The molecule has 0 saturated heterocycles. The summed E-state index contributed by atoms with van der Waals surface area (Å²) in [5.74, 6) is -1.47. The number of fused-ring (bicyclic) bond motifs is 6. The van der Waals surface area contributed by atoms with Crippen LogP contribution in [0.3, 0.4) is 0 Å². The molecule has 7 aromatic carbocycles. The maximum atomic E-state index is 15.2. The van der Waals surface area contributed by atoms with E-state index in [0.717, 1.165) is 22.3 Å². The van der Waals surface area contributed by atoms with Crippen LogP contribution < -0.4 is 0 Å². The molecule has 20 heteroatoms. The highest BCUT2D eigenvalue weighted by Gasteiger charge is 2.35. The third-order valence-corrected chi connectivity index (χ3v) is 21.2. The molecule has 2 aliphatic heterocycles. The molecule has 0 aromatic heterocycles. The Hall–Kier alpha value is -6.88. The largest absolute Gasteiger partial charge is 0.465 e. The molecule has 0 atom stereocenters.